The third-order valence-corrected chi connectivity index (χ3v) is 2.04. The fraction of sp³-hybridized carbons (Fsp3) is 0.200. The summed E-state index contributed by atoms with van der Waals surface area (Å²) in [6.45, 7) is 0. The van der Waals surface area contributed by atoms with Gasteiger partial charge in [0.25, 0.3) is 0 Å². The van der Waals surface area contributed by atoms with Crippen molar-refractivity contribution in [3.8, 4) is 17.2 Å². The van der Waals surface area contributed by atoms with Crippen LogP contribution in [0.25, 0.3) is 0 Å². The molecule has 0 aromatic heterocycles. The lowest BCUT2D eigenvalue weighted by molar-refractivity contribution is 0.0548. The number of rotatable bonds is 2. The van der Waals surface area contributed by atoms with Crippen molar-refractivity contribution >= 4 is 11.9 Å². The Morgan fingerprint density at radius 1 is 0.941 bits per heavy atom. The smallest absolute Gasteiger partial charge is 0.342 e. The summed E-state index contributed by atoms with van der Waals surface area (Å²) in [4.78, 5) is 22.7. The minimum atomic E-state index is -1.09. The molecule has 0 aliphatic heterocycles. The third kappa shape index (κ3) is 2.07. The van der Waals surface area contributed by atoms with Crippen LogP contribution in [0, 0.1) is 0 Å². The number of aromatic hydroxyl groups is 3. The van der Waals surface area contributed by atoms with Crippen molar-refractivity contribution in [2.75, 3.05) is 14.2 Å². The van der Waals surface area contributed by atoms with Crippen LogP contribution in [0.1, 0.15) is 20.7 Å². The van der Waals surface area contributed by atoms with Gasteiger partial charge in [-0.1, -0.05) is 0 Å². The summed E-state index contributed by atoms with van der Waals surface area (Å²) in [5.74, 6) is -4.45. The maximum absolute atomic E-state index is 11.4. The predicted molar refractivity (Wildman–Crippen MR) is 54.1 cm³/mol. The lowest BCUT2D eigenvalue weighted by Crippen LogP contribution is -2.12. The molecule has 7 nitrogen and oxygen atoms in total. The number of phenolic OH excluding ortho intramolecular Hbond substituents is 3. The molecule has 17 heavy (non-hydrogen) atoms. The Morgan fingerprint density at radius 2 is 1.41 bits per heavy atom. The van der Waals surface area contributed by atoms with Gasteiger partial charge in [-0.15, -0.1) is 0 Å². The number of ether oxygens (including phenoxy) is 2. The fourth-order valence-corrected chi connectivity index (χ4v) is 1.25. The maximum atomic E-state index is 11.4. The Morgan fingerprint density at radius 3 is 1.88 bits per heavy atom. The predicted octanol–water partition coefficient (Wildman–Crippen LogP) is 0.377. The SMILES string of the molecule is COC(=O)c1c(O)cc(O)c(O)c1C(=O)OC. The quantitative estimate of drug-likeness (QED) is 0.390. The van der Waals surface area contributed by atoms with Crippen LogP contribution in [0.4, 0.5) is 0 Å². The molecule has 0 fully saturated rings. The molecule has 0 heterocycles. The van der Waals surface area contributed by atoms with Crippen LogP contribution in [0.2, 0.25) is 0 Å². The Labute approximate surface area is 95.8 Å². The highest BCUT2D eigenvalue weighted by molar-refractivity contribution is 6.07. The highest BCUT2D eigenvalue weighted by Crippen LogP contribution is 2.38. The monoisotopic (exact) mass is 242 g/mol. The molecular formula is C10H10O7. The van der Waals surface area contributed by atoms with Gasteiger partial charge in [-0.2, -0.15) is 0 Å². The second kappa shape index (κ2) is 4.60. The first kappa shape index (κ1) is 12.6. The number of carbonyl (C=O) groups excluding carboxylic acids is 2. The molecule has 0 atom stereocenters. The van der Waals surface area contributed by atoms with E-state index in [2.05, 4.69) is 9.47 Å². The van der Waals surface area contributed by atoms with Gasteiger partial charge in [0.05, 0.1) is 14.2 Å². The number of hydrogen-bond acceptors (Lipinski definition) is 7. The van der Waals surface area contributed by atoms with E-state index in [1.54, 1.807) is 0 Å². The van der Waals surface area contributed by atoms with E-state index in [0.717, 1.165) is 14.2 Å². The molecule has 1 aromatic carbocycles. The summed E-state index contributed by atoms with van der Waals surface area (Å²) in [7, 11) is 2.05. The van der Waals surface area contributed by atoms with Gasteiger partial charge in [-0.3, -0.25) is 0 Å². The van der Waals surface area contributed by atoms with Gasteiger partial charge in [-0.05, 0) is 0 Å². The minimum absolute atomic E-state index is 0.574. The first-order chi connectivity index (χ1) is 7.93. The van der Waals surface area contributed by atoms with Crippen molar-refractivity contribution in [3.05, 3.63) is 17.2 Å². The lowest BCUT2D eigenvalue weighted by Gasteiger charge is -2.11. The van der Waals surface area contributed by atoms with Crippen molar-refractivity contribution in [1.29, 1.82) is 0 Å². The topological polar surface area (TPSA) is 113 Å². The van der Waals surface area contributed by atoms with E-state index < -0.39 is 40.3 Å². The molecule has 0 unspecified atom stereocenters. The van der Waals surface area contributed by atoms with Gasteiger partial charge >= 0.3 is 11.9 Å². The number of methoxy groups -OCH3 is 2. The fourth-order valence-electron chi connectivity index (χ4n) is 1.25. The number of hydrogen-bond donors (Lipinski definition) is 3. The number of benzene rings is 1. The normalized spacial score (nSPS) is 9.76. The lowest BCUT2D eigenvalue weighted by atomic mass is 10.0. The van der Waals surface area contributed by atoms with Gasteiger partial charge in [0.2, 0.25) is 0 Å². The molecule has 7 heteroatoms. The van der Waals surface area contributed by atoms with Gasteiger partial charge in [0.15, 0.2) is 11.5 Å². The molecule has 0 saturated heterocycles. The molecule has 0 amide bonds. The summed E-state index contributed by atoms with van der Waals surface area (Å²) in [5.41, 5.74) is -1.23. The number of carbonyl (C=O) groups is 2. The summed E-state index contributed by atoms with van der Waals surface area (Å²) in [5, 5.41) is 28.2. The molecule has 0 aliphatic rings. The first-order valence-corrected chi connectivity index (χ1v) is 4.38. The van der Waals surface area contributed by atoms with Gasteiger partial charge < -0.3 is 24.8 Å². The largest absolute Gasteiger partial charge is 0.507 e. The van der Waals surface area contributed by atoms with Crippen LogP contribution in [0.15, 0.2) is 6.07 Å². The second-order valence-corrected chi connectivity index (χ2v) is 3.00. The zero-order valence-electron chi connectivity index (χ0n) is 9.05. The van der Waals surface area contributed by atoms with Crippen LogP contribution >= 0.6 is 0 Å². The average molecular weight is 242 g/mol. The van der Waals surface area contributed by atoms with Gasteiger partial charge in [-0.25, -0.2) is 9.59 Å². The van der Waals surface area contributed by atoms with E-state index in [1.807, 2.05) is 0 Å². The van der Waals surface area contributed by atoms with Crippen molar-refractivity contribution in [2.45, 2.75) is 0 Å². The molecule has 1 aromatic rings. The van der Waals surface area contributed by atoms with Crippen molar-refractivity contribution in [3.63, 3.8) is 0 Å². The second-order valence-electron chi connectivity index (χ2n) is 3.00. The molecule has 3 N–H and O–H groups in total. The molecule has 0 saturated carbocycles. The first-order valence-electron chi connectivity index (χ1n) is 4.38. The van der Waals surface area contributed by atoms with Crippen molar-refractivity contribution in [1.82, 2.24) is 0 Å². The molecule has 92 valence electrons. The number of phenols is 3. The molecular weight excluding hydrogens is 232 g/mol. The van der Waals surface area contributed by atoms with E-state index in [9.17, 15) is 24.9 Å². The average Bonchev–Trinajstić information content (AvgIpc) is 2.31. The Bertz CT molecular complexity index is 478. The van der Waals surface area contributed by atoms with Crippen LogP contribution in [0.3, 0.4) is 0 Å². The van der Waals surface area contributed by atoms with Crippen molar-refractivity contribution < 1.29 is 34.4 Å². The summed E-state index contributed by atoms with van der Waals surface area (Å²) in [6.07, 6.45) is 0. The Hall–Kier alpha value is -2.44. The third-order valence-electron chi connectivity index (χ3n) is 2.04. The van der Waals surface area contributed by atoms with Crippen LogP contribution in [-0.2, 0) is 9.47 Å². The molecule has 0 bridgehead atoms. The minimum Gasteiger partial charge on any atom is -0.507 e. The van der Waals surface area contributed by atoms with E-state index in [0.29, 0.717) is 6.07 Å². The molecule has 1 rings (SSSR count). The standard InChI is InChI=1S/C10H10O7/c1-16-9(14)6-4(11)3-5(12)8(13)7(6)10(15)17-2/h3,11-13H,1-2H3. The number of esters is 2. The molecule has 0 aliphatic carbocycles. The van der Waals surface area contributed by atoms with E-state index in [1.165, 1.54) is 0 Å². The maximum Gasteiger partial charge on any atom is 0.342 e. The van der Waals surface area contributed by atoms with Gasteiger partial charge in [0.1, 0.15) is 16.9 Å². The molecule has 0 radical (unpaired) electrons. The van der Waals surface area contributed by atoms with Crippen LogP contribution in [-0.4, -0.2) is 41.5 Å². The zero-order chi connectivity index (χ0) is 13.2. The summed E-state index contributed by atoms with van der Waals surface area (Å²) < 4.78 is 8.68. The Kier molecular flexibility index (Phi) is 3.42. The Balaban J connectivity index is 3.61. The highest BCUT2D eigenvalue weighted by atomic mass is 16.5. The van der Waals surface area contributed by atoms with Crippen LogP contribution < -0.4 is 0 Å². The van der Waals surface area contributed by atoms with E-state index in [-0.39, 0.29) is 0 Å². The zero-order valence-corrected chi connectivity index (χ0v) is 9.05. The molecule has 0 spiro atoms. The van der Waals surface area contributed by atoms with E-state index in [4.69, 9.17) is 0 Å². The summed E-state index contributed by atoms with van der Waals surface area (Å²) in [6, 6.07) is 0.716. The van der Waals surface area contributed by atoms with Gasteiger partial charge in [0, 0.05) is 6.07 Å². The van der Waals surface area contributed by atoms with E-state index >= 15 is 0 Å². The highest BCUT2D eigenvalue weighted by Gasteiger charge is 2.28. The summed E-state index contributed by atoms with van der Waals surface area (Å²) >= 11 is 0. The van der Waals surface area contributed by atoms with Crippen molar-refractivity contribution in [2.24, 2.45) is 0 Å². The van der Waals surface area contributed by atoms with Crippen LogP contribution in [0.5, 0.6) is 17.2 Å².